The number of hydrogen-bond acceptors (Lipinski definition) is 2. The third-order valence-electron chi connectivity index (χ3n) is 3.59. The molecule has 0 saturated heterocycles. The maximum Gasteiger partial charge on any atom is 0.161 e. The standard InChI is InChI=1S/C16H16ClN3/c1-3-11-4-6-12(7-5-11)15-10(2)20-9-13(17)8-14(18)16(20)19-15/h4-9H,3,18H2,1-2H3. The number of anilines is 1. The molecule has 0 aliphatic heterocycles. The van der Waals surface area contributed by atoms with Crippen LogP contribution in [0.5, 0.6) is 0 Å². The second-order valence-electron chi connectivity index (χ2n) is 4.90. The fourth-order valence-corrected chi connectivity index (χ4v) is 2.64. The predicted octanol–water partition coefficient (Wildman–Crippen LogP) is 4.11. The number of imidazole rings is 1. The summed E-state index contributed by atoms with van der Waals surface area (Å²) in [6, 6.07) is 10.2. The van der Waals surface area contributed by atoms with E-state index in [1.165, 1.54) is 5.56 Å². The van der Waals surface area contributed by atoms with Crippen LogP contribution in [0, 0.1) is 6.92 Å². The number of aryl methyl sites for hydroxylation is 2. The molecule has 0 radical (unpaired) electrons. The Morgan fingerprint density at radius 2 is 1.95 bits per heavy atom. The summed E-state index contributed by atoms with van der Waals surface area (Å²) in [5.41, 5.74) is 11.7. The number of benzene rings is 1. The van der Waals surface area contributed by atoms with E-state index in [1.54, 1.807) is 6.07 Å². The summed E-state index contributed by atoms with van der Waals surface area (Å²) >= 11 is 6.06. The summed E-state index contributed by atoms with van der Waals surface area (Å²) < 4.78 is 1.95. The number of nitrogens with zero attached hydrogens (tertiary/aromatic N) is 2. The van der Waals surface area contributed by atoms with E-state index in [2.05, 4.69) is 36.2 Å². The molecule has 0 fully saturated rings. The lowest BCUT2D eigenvalue weighted by Crippen LogP contribution is -1.93. The maximum absolute atomic E-state index is 6.06. The van der Waals surface area contributed by atoms with Gasteiger partial charge in [-0.1, -0.05) is 42.8 Å². The fraction of sp³-hybridized carbons (Fsp3) is 0.188. The van der Waals surface area contributed by atoms with Crippen molar-refractivity contribution in [1.29, 1.82) is 0 Å². The highest BCUT2D eigenvalue weighted by Crippen LogP contribution is 2.28. The Kier molecular flexibility index (Phi) is 3.14. The first kappa shape index (κ1) is 13.0. The lowest BCUT2D eigenvalue weighted by atomic mass is 10.1. The van der Waals surface area contributed by atoms with E-state index in [0.717, 1.165) is 29.0 Å². The zero-order chi connectivity index (χ0) is 14.3. The Hall–Kier alpha value is -2.00. The number of nitrogens with two attached hydrogens (primary N) is 1. The van der Waals surface area contributed by atoms with Gasteiger partial charge >= 0.3 is 0 Å². The van der Waals surface area contributed by atoms with Gasteiger partial charge in [-0.3, -0.25) is 0 Å². The van der Waals surface area contributed by atoms with Crippen LogP contribution < -0.4 is 5.73 Å². The molecule has 20 heavy (non-hydrogen) atoms. The van der Waals surface area contributed by atoms with Gasteiger partial charge in [-0.2, -0.15) is 0 Å². The maximum atomic E-state index is 6.06. The Labute approximate surface area is 123 Å². The van der Waals surface area contributed by atoms with E-state index in [0.29, 0.717) is 10.7 Å². The van der Waals surface area contributed by atoms with Crippen molar-refractivity contribution < 1.29 is 0 Å². The van der Waals surface area contributed by atoms with Crippen molar-refractivity contribution in [3.05, 3.63) is 52.8 Å². The topological polar surface area (TPSA) is 43.3 Å². The van der Waals surface area contributed by atoms with Crippen molar-refractivity contribution in [2.24, 2.45) is 0 Å². The molecule has 102 valence electrons. The number of rotatable bonds is 2. The highest BCUT2D eigenvalue weighted by molar-refractivity contribution is 6.30. The van der Waals surface area contributed by atoms with Crippen LogP contribution in [-0.4, -0.2) is 9.38 Å². The van der Waals surface area contributed by atoms with Gasteiger partial charge in [-0.15, -0.1) is 0 Å². The molecule has 0 aliphatic carbocycles. The summed E-state index contributed by atoms with van der Waals surface area (Å²) in [7, 11) is 0. The van der Waals surface area contributed by atoms with Gasteiger partial charge in [0, 0.05) is 17.5 Å². The van der Waals surface area contributed by atoms with E-state index in [9.17, 15) is 0 Å². The monoisotopic (exact) mass is 285 g/mol. The van der Waals surface area contributed by atoms with Gasteiger partial charge in [0.25, 0.3) is 0 Å². The molecule has 0 amide bonds. The first-order valence-corrected chi connectivity index (χ1v) is 7.01. The van der Waals surface area contributed by atoms with Crippen molar-refractivity contribution in [1.82, 2.24) is 9.38 Å². The minimum absolute atomic E-state index is 0.594. The number of halogens is 1. The summed E-state index contributed by atoms with van der Waals surface area (Å²) in [5.74, 6) is 0. The molecule has 4 heteroatoms. The summed E-state index contributed by atoms with van der Waals surface area (Å²) in [6.45, 7) is 4.17. The smallest absolute Gasteiger partial charge is 0.161 e. The lowest BCUT2D eigenvalue weighted by molar-refractivity contribution is 1.11. The third kappa shape index (κ3) is 2.04. The van der Waals surface area contributed by atoms with E-state index in [4.69, 9.17) is 17.3 Å². The second kappa shape index (κ2) is 4.84. The SMILES string of the molecule is CCc1ccc(-c2nc3c(N)cc(Cl)cn3c2C)cc1. The number of pyridine rings is 1. The van der Waals surface area contributed by atoms with E-state index >= 15 is 0 Å². The Bertz CT molecular complexity index is 773. The zero-order valence-corrected chi connectivity index (χ0v) is 12.3. The molecule has 0 unspecified atom stereocenters. The second-order valence-corrected chi connectivity index (χ2v) is 5.34. The highest BCUT2D eigenvalue weighted by atomic mass is 35.5. The molecule has 2 aromatic heterocycles. The zero-order valence-electron chi connectivity index (χ0n) is 11.5. The lowest BCUT2D eigenvalue weighted by Gasteiger charge is -2.02. The number of aromatic nitrogens is 2. The Balaban J connectivity index is 2.20. The van der Waals surface area contributed by atoms with Crippen LogP contribution in [0.25, 0.3) is 16.9 Å². The van der Waals surface area contributed by atoms with Crippen LogP contribution in [0.1, 0.15) is 18.2 Å². The van der Waals surface area contributed by atoms with E-state index in [-0.39, 0.29) is 0 Å². The Morgan fingerprint density at radius 1 is 1.25 bits per heavy atom. The molecule has 3 nitrogen and oxygen atoms in total. The first-order valence-electron chi connectivity index (χ1n) is 6.63. The van der Waals surface area contributed by atoms with Crippen molar-refractivity contribution in [3.8, 4) is 11.3 Å². The van der Waals surface area contributed by atoms with Crippen molar-refractivity contribution in [3.63, 3.8) is 0 Å². The number of nitrogen functional groups attached to an aromatic ring is 1. The fourth-order valence-electron chi connectivity index (χ4n) is 2.42. The van der Waals surface area contributed by atoms with Crippen LogP contribution in [-0.2, 0) is 6.42 Å². The molecule has 0 aliphatic rings. The van der Waals surface area contributed by atoms with E-state index in [1.807, 2.05) is 17.5 Å². The molecule has 3 rings (SSSR count). The van der Waals surface area contributed by atoms with Gasteiger partial charge in [0.2, 0.25) is 0 Å². The van der Waals surface area contributed by atoms with Crippen LogP contribution in [0.4, 0.5) is 5.69 Å². The molecule has 0 spiro atoms. The van der Waals surface area contributed by atoms with Gasteiger partial charge < -0.3 is 10.1 Å². The molecule has 3 aromatic rings. The molecule has 1 aromatic carbocycles. The number of fused-ring (bicyclic) bond motifs is 1. The van der Waals surface area contributed by atoms with Crippen LogP contribution in [0.2, 0.25) is 5.02 Å². The van der Waals surface area contributed by atoms with Gasteiger partial charge in [0.15, 0.2) is 5.65 Å². The minimum Gasteiger partial charge on any atom is -0.396 e. The summed E-state index contributed by atoms with van der Waals surface area (Å²) in [5, 5.41) is 0.614. The van der Waals surface area contributed by atoms with Crippen molar-refractivity contribution >= 4 is 22.9 Å². The van der Waals surface area contributed by atoms with Crippen LogP contribution in [0.15, 0.2) is 36.5 Å². The molecule has 0 saturated carbocycles. The molecular formula is C16H16ClN3. The van der Waals surface area contributed by atoms with Gasteiger partial charge in [-0.05, 0) is 25.0 Å². The number of hydrogen-bond donors (Lipinski definition) is 1. The molecule has 0 bridgehead atoms. The molecule has 0 atom stereocenters. The predicted molar refractivity (Wildman–Crippen MR) is 84.2 cm³/mol. The van der Waals surface area contributed by atoms with Gasteiger partial charge in [-0.25, -0.2) is 4.98 Å². The van der Waals surface area contributed by atoms with Crippen LogP contribution >= 0.6 is 11.6 Å². The summed E-state index contributed by atoms with van der Waals surface area (Å²) in [4.78, 5) is 4.66. The largest absolute Gasteiger partial charge is 0.396 e. The molecule has 2 N–H and O–H groups in total. The van der Waals surface area contributed by atoms with Crippen molar-refractivity contribution in [2.45, 2.75) is 20.3 Å². The van der Waals surface area contributed by atoms with Crippen molar-refractivity contribution in [2.75, 3.05) is 5.73 Å². The van der Waals surface area contributed by atoms with Gasteiger partial charge in [0.1, 0.15) is 0 Å². The first-order chi connectivity index (χ1) is 9.60. The Morgan fingerprint density at radius 3 is 2.60 bits per heavy atom. The molecular weight excluding hydrogens is 270 g/mol. The third-order valence-corrected chi connectivity index (χ3v) is 3.80. The molecule has 2 heterocycles. The highest BCUT2D eigenvalue weighted by Gasteiger charge is 2.12. The normalized spacial score (nSPS) is 11.2. The van der Waals surface area contributed by atoms with Gasteiger partial charge in [0.05, 0.1) is 16.4 Å². The average Bonchev–Trinajstić information content (AvgIpc) is 2.77. The van der Waals surface area contributed by atoms with E-state index < -0.39 is 0 Å². The minimum atomic E-state index is 0.594. The quantitative estimate of drug-likeness (QED) is 0.770. The van der Waals surface area contributed by atoms with Crippen LogP contribution in [0.3, 0.4) is 0 Å². The summed E-state index contributed by atoms with van der Waals surface area (Å²) in [6.07, 6.45) is 2.88. The average molecular weight is 286 g/mol.